The normalized spacial score (nSPS) is 10.1. The molecule has 0 fully saturated rings. The van der Waals surface area contributed by atoms with Crippen molar-refractivity contribution in [2.24, 2.45) is 0 Å². The predicted molar refractivity (Wildman–Crippen MR) is 87.2 cm³/mol. The standard InChI is InChI=1S/C17H21N3O2/c1-4-22-16-10-12(2)8-9-15(16)20-17(21)18-11-14-7-5-6-13(3)19-14/h5-10H,4,11H2,1-3H3,(H2,18,20,21). The molecule has 5 nitrogen and oxygen atoms in total. The number of carbonyl (C=O) groups is 1. The van der Waals surface area contributed by atoms with Crippen LogP contribution in [0.4, 0.5) is 10.5 Å². The molecule has 0 aliphatic carbocycles. The highest BCUT2D eigenvalue weighted by molar-refractivity contribution is 5.90. The topological polar surface area (TPSA) is 63.2 Å². The number of pyridine rings is 1. The van der Waals surface area contributed by atoms with Crippen molar-refractivity contribution in [3.05, 3.63) is 53.3 Å². The number of aromatic nitrogens is 1. The van der Waals surface area contributed by atoms with Gasteiger partial charge in [-0.05, 0) is 50.6 Å². The molecular formula is C17H21N3O2. The van der Waals surface area contributed by atoms with Crippen LogP contribution in [0.15, 0.2) is 36.4 Å². The monoisotopic (exact) mass is 299 g/mol. The minimum Gasteiger partial charge on any atom is -0.492 e. The third-order valence-corrected chi connectivity index (χ3v) is 3.06. The second-order valence-corrected chi connectivity index (χ2v) is 5.01. The minimum absolute atomic E-state index is 0.284. The summed E-state index contributed by atoms with van der Waals surface area (Å²) in [6, 6.07) is 11.1. The molecule has 0 spiro atoms. The molecule has 0 saturated heterocycles. The van der Waals surface area contributed by atoms with Gasteiger partial charge in [-0.3, -0.25) is 4.98 Å². The molecule has 1 aromatic carbocycles. The summed E-state index contributed by atoms with van der Waals surface area (Å²) < 4.78 is 5.54. The Morgan fingerprint density at radius 1 is 1.23 bits per heavy atom. The zero-order valence-electron chi connectivity index (χ0n) is 13.1. The largest absolute Gasteiger partial charge is 0.492 e. The van der Waals surface area contributed by atoms with Crippen LogP contribution in [0.1, 0.15) is 23.9 Å². The van der Waals surface area contributed by atoms with E-state index >= 15 is 0 Å². The lowest BCUT2D eigenvalue weighted by molar-refractivity contribution is 0.251. The van der Waals surface area contributed by atoms with Crippen molar-refractivity contribution >= 4 is 11.7 Å². The van der Waals surface area contributed by atoms with E-state index in [9.17, 15) is 4.79 Å². The van der Waals surface area contributed by atoms with Crippen LogP contribution >= 0.6 is 0 Å². The molecule has 0 atom stereocenters. The molecule has 0 radical (unpaired) electrons. The first-order valence-corrected chi connectivity index (χ1v) is 7.29. The maximum absolute atomic E-state index is 12.0. The third kappa shape index (κ3) is 4.48. The van der Waals surface area contributed by atoms with Crippen molar-refractivity contribution in [1.82, 2.24) is 10.3 Å². The molecule has 0 saturated carbocycles. The molecule has 0 bridgehead atoms. The second kappa shape index (κ2) is 7.45. The van der Waals surface area contributed by atoms with Crippen LogP contribution in [0.25, 0.3) is 0 Å². The predicted octanol–water partition coefficient (Wildman–Crippen LogP) is 3.42. The van der Waals surface area contributed by atoms with Gasteiger partial charge in [-0.25, -0.2) is 4.79 Å². The third-order valence-electron chi connectivity index (χ3n) is 3.06. The molecule has 22 heavy (non-hydrogen) atoms. The molecule has 0 aliphatic heterocycles. The summed E-state index contributed by atoms with van der Waals surface area (Å²) in [5.74, 6) is 0.673. The Labute approximate surface area is 130 Å². The number of amides is 2. The maximum atomic E-state index is 12.0. The molecule has 2 N–H and O–H groups in total. The number of hydrogen-bond acceptors (Lipinski definition) is 3. The summed E-state index contributed by atoms with van der Waals surface area (Å²) in [4.78, 5) is 16.4. The molecule has 1 heterocycles. The molecule has 1 aromatic heterocycles. The highest BCUT2D eigenvalue weighted by Crippen LogP contribution is 2.25. The van der Waals surface area contributed by atoms with Crippen LogP contribution in [-0.4, -0.2) is 17.6 Å². The van der Waals surface area contributed by atoms with Gasteiger partial charge in [0.25, 0.3) is 0 Å². The summed E-state index contributed by atoms with van der Waals surface area (Å²) in [7, 11) is 0. The van der Waals surface area contributed by atoms with Crippen molar-refractivity contribution in [3.63, 3.8) is 0 Å². The van der Waals surface area contributed by atoms with Crippen LogP contribution in [0.5, 0.6) is 5.75 Å². The lowest BCUT2D eigenvalue weighted by Gasteiger charge is -2.13. The highest BCUT2D eigenvalue weighted by Gasteiger charge is 2.08. The number of benzene rings is 1. The number of anilines is 1. The lowest BCUT2D eigenvalue weighted by Crippen LogP contribution is -2.28. The van der Waals surface area contributed by atoms with Crippen LogP contribution in [-0.2, 0) is 6.54 Å². The first-order chi connectivity index (χ1) is 10.6. The van der Waals surface area contributed by atoms with Crippen LogP contribution < -0.4 is 15.4 Å². The van der Waals surface area contributed by atoms with Crippen molar-refractivity contribution in [2.75, 3.05) is 11.9 Å². The highest BCUT2D eigenvalue weighted by atomic mass is 16.5. The van der Waals surface area contributed by atoms with Crippen LogP contribution in [0.3, 0.4) is 0 Å². The molecule has 5 heteroatoms. The number of aryl methyl sites for hydroxylation is 2. The number of ether oxygens (including phenoxy) is 1. The van der Waals surface area contributed by atoms with Gasteiger partial charge in [0.1, 0.15) is 5.75 Å². The van der Waals surface area contributed by atoms with E-state index in [0.717, 1.165) is 17.0 Å². The zero-order chi connectivity index (χ0) is 15.9. The Kier molecular flexibility index (Phi) is 5.36. The van der Waals surface area contributed by atoms with E-state index < -0.39 is 0 Å². The number of rotatable bonds is 5. The van der Waals surface area contributed by atoms with Gasteiger partial charge in [0.05, 0.1) is 24.5 Å². The minimum atomic E-state index is -0.284. The molecule has 116 valence electrons. The van der Waals surface area contributed by atoms with Crippen molar-refractivity contribution in [3.8, 4) is 5.75 Å². The van der Waals surface area contributed by atoms with Gasteiger partial charge < -0.3 is 15.4 Å². The van der Waals surface area contributed by atoms with Gasteiger partial charge in [-0.1, -0.05) is 12.1 Å². The van der Waals surface area contributed by atoms with Gasteiger partial charge in [-0.2, -0.15) is 0 Å². The summed E-state index contributed by atoms with van der Waals surface area (Å²) in [6.45, 7) is 6.74. The lowest BCUT2D eigenvalue weighted by atomic mass is 10.2. The molecule has 0 aliphatic rings. The second-order valence-electron chi connectivity index (χ2n) is 5.01. The van der Waals surface area contributed by atoms with Crippen LogP contribution in [0, 0.1) is 13.8 Å². The average molecular weight is 299 g/mol. The summed E-state index contributed by atoms with van der Waals surface area (Å²) in [5.41, 5.74) is 3.49. The maximum Gasteiger partial charge on any atom is 0.319 e. The molecule has 2 rings (SSSR count). The first-order valence-electron chi connectivity index (χ1n) is 7.29. The SMILES string of the molecule is CCOc1cc(C)ccc1NC(=O)NCc1cccc(C)n1. The molecule has 0 unspecified atom stereocenters. The van der Waals surface area contributed by atoms with Gasteiger partial charge in [0, 0.05) is 5.69 Å². The Bertz CT molecular complexity index is 656. The number of nitrogens with zero attached hydrogens (tertiary/aromatic N) is 1. The summed E-state index contributed by atoms with van der Waals surface area (Å²) >= 11 is 0. The smallest absolute Gasteiger partial charge is 0.319 e. The Balaban J connectivity index is 1.97. The number of hydrogen-bond donors (Lipinski definition) is 2. The van der Waals surface area contributed by atoms with E-state index in [0.29, 0.717) is 24.6 Å². The van der Waals surface area contributed by atoms with Crippen molar-refractivity contribution in [1.29, 1.82) is 0 Å². The van der Waals surface area contributed by atoms with E-state index in [1.165, 1.54) is 0 Å². The average Bonchev–Trinajstić information content (AvgIpc) is 2.48. The number of carbonyl (C=O) groups excluding carboxylic acids is 1. The van der Waals surface area contributed by atoms with Crippen molar-refractivity contribution < 1.29 is 9.53 Å². The molecule has 2 aromatic rings. The van der Waals surface area contributed by atoms with Gasteiger partial charge in [0.15, 0.2) is 0 Å². The Hall–Kier alpha value is -2.56. The van der Waals surface area contributed by atoms with Crippen LogP contribution in [0.2, 0.25) is 0 Å². The van der Waals surface area contributed by atoms with E-state index in [-0.39, 0.29) is 6.03 Å². The summed E-state index contributed by atoms with van der Waals surface area (Å²) in [5, 5.41) is 5.60. The van der Waals surface area contributed by atoms with E-state index in [1.807, 2.05) is 57.2 Å². The van der Waals surface area contributed by atoms with E-state index in [1.54, 1.807) is 0 Å². The number of urea groups is 1. The zero-order valence-corrected chi connectivity index (χ0v) is 13.1. The van der Waals surface area contributed by atoms with E-state index in [4.69, 9.17) is 4.74 Å². The summed E-state index contributed by atoms with van der Waals surface area (Å²) in [6.07, 6.45) is 0. The first kappa shape index (κ1) is 15.8. The molecule has 2 amide bonds. The van der Waals surface area contributed by atoms with Gasteiger partial charge in [0.2, 0.25) is 0 Å². The fraction of sp³-hybridized carbons (Fsp3) is 0.294. The fourth-order valence-electron chi connectivity index (χ4n) is 2.04. The quantitative estimate of drug-likeness (QED) is 0.889. The Morgan fingerprint density at radius 3 is 2.77 bits per heavy atom. The fourth-order valence-corrected chi connectivity index (χ4v) is 2.04. The van der Waals surface area contributed by atoms with E-state index in [2.05, 4.69) is 15.6 Å². The van der Waals surface area contributed by atoms with Gasteiger partial charge in [-0.15, -0.1) is 0 Å². The molecular weight excluding hydrogens is 278 g/mol. The Morgan fingerprint density at radius 2 is 2.05 bits per heavy atom. The number of nitrogens with one attached hydrogen (secondary N) is 2. The van der Waals surface area contributed by atoms with Gasteiger partial charge >= 0.3 is 6.03 Å². The van der Waals surface area contributed by atoms with Crippen molar-refractivity contribution in [2.45, 2.75) is 27.3 Å².